The summed E-state index contributed by atoms with van der Waals surface area (Å²) in [5.74, 6) is -0.154. The summed E-state index contributed by atoms with van der Waals surface area (Å²) in [5, 5.41) is -0.0150. The van der Waals surface area contributed by atoms with Gasteiger partial charge < -0.3 is 9.47 Å². The highest BCUT2D eigenvalue weighted by Crippen LogP contribution is 2.31. The second-order valence-corrected chi connectivity index (χ2v) is 8.58. The van der Waals surface area contributed by atoms with Crippen LogP contribution in [0.5, 0.6) is 11.5 Å². The Morgan fingerprint density at radius 1 is 1.03 bits per heavy atom. The highest BCUT2D eigenvalue weighted by Gasteiger charge is 2.28. The van der Waals surface area contributed by atoms with Crippen LogP contribution in [0.2, 0.25) is 5.02 Å². The molecule has 0 N–H and O–H groups in total. The number of halogens is 1. The minimum Gasteiger partial charge on any atom is -0.493 e. The Bertz CT molecular complexity index is 1200. The van der Waals surface area contributed by atoms with Crippen LogP contribution in [0, 0.1) is 0 Å². The van der Waals surface area contributed by atoms with E-state index in [1.807, 2.05) is 0 Å². The van der Waals surface area contributed by atoms with Gasteiger partial charge in [0.05, 0.1) is 29.9 Å². The lowest BCUT2D eigenvalue weighted by Crippen LogP contribution is -2.31. The first-order chi connectivity index (χ1) is 14.9. The van der Waals surface area contributed by atoms with Gasteiger partial charge in [-0.05, 0) is 42.5 Å². The predicted molar refractivity (Wildman–Crippen MR) is 121 cm³/mol. The molecule has 0 fully saturated rings. The number of ether oxygens (including phenoxy) is 2. The molecule has 0 atom stereocenters. The number of anilines is 1. The van der Waals surface area contributed by atoms with E-state index in [1.165, 1.54) is 31.4 Å². The Hall–Kier alpha value is -3.29. The van der Waals surface area contributed by atoms with Gasteiger partial charge in [0.25, 0.3) is 10.0 Å². The lowest BCUT2D eigenvalue weighted by atomic mass is 10.2. The van der Waals surface area contributed by atoms with Gasteiger partial charge in [0.2, 0.25) is 0 Å². The summed E-state index contributed by atoms with van der Waals surface area (Å²) >= 11 is 6.22. The lowest BCUT2D eigenvalue weighted by Gasteiger charge is -2.24. The Morgan fingerprint density at radius 2 is 1.68 bits per heavy atom. The SMILES string of the molecule is C=CCN(c1ccccc1)S(=O)(=O)c1cc(C(=O)Oc2ccccc2OC)ccc1Cl. The number of hydrogen-bond donors (Lipinski definition) is 0. The average Bonchev–Trinajstić information content (AvgIpc) is 2.78. The summed E-state index contributed by atoms with van der Waals surface area (Å²) in [4.78, 5) is 12.5. The Kier molecular flexibility index (Phi) is 6.99. The zero-order valence-electron chi connectivity index (χ0n) is 16.7. The van der Waals surface area contributed by atoms with E-state index in [9.17, 15) is 13.2 Å². The topological polar surface area (TPSA) is 72.9 Å². The van der Waals surface area contributed by atoms with Gasteiger partial charge in [0.1, 0.15) is 4.90 Å². The Labute approximate surface area is 186 Å². The second kappa shape index (κ2) is 9.68. The Morgan fingerprint density at radius 3 is 2.32 bits per heavy atom. The molecule has 0 aliphatic rings. The van der Waals surface area contributed by atoms with Crippen molar-refractivity contribution in [2.24, 2.45) is 0 Å². The van der Waals surface area contributed by atoms with Crippen LogP contribution >= 0.6 is 11.6 Å². The molecule has 0 saturated carbocycles. The van der Waals surface area contributed by atoms with Crippen molar-refractivity contribution in [3.63, 3.8) is 0 Å². The standard InChI is InChI=1S/C23H20ClNO5S/c1-3-15-25(18-9-5-4-6-10-18)31(27,28)22-16-17(13-14-19(22)24)23(26)30-21-12-8-7-11-20(21)29-2/h3-14,16H,1,15H2,2H3. The molecule has 31 heavy (non-hydrogen) atoms. The fourth-order valence-corrected chi connectivity index (χ4v) is 4.80. The molecule has 0 heterocycles. The summed E-state index contributed by atoms with van der Waals surface area (Å²) < 4.78 is 38.5. The summed E-state index contributed by atoms with van der Waals surface area (Å²) in [6.45, 7) is 3.67. The van der Waals surface area contributed by atoms with E-state index in [2.05, 4.69) is 6.58 Å². The van der Waals surface area contributed by atoms with E-state index in [0.29, 0.717) is 11.4 Å². The average molecular weight is 458 g/mol. The zero-order chi connectivity index (χ0) is 22.4. The van der Waals surface area contributed by atoms with E-state index in [1.54, 1.807) is 54.6 Å². The molecule has 0 aliphatic carbocycles. The maximum Gasteiger partial charge on any atom is 0.343 e. The van der Waals surface area contributed by atoms with Gasteiger partial charge in [-0.2, -0.15) is 0 Å². The van der Waals surface area contributed by atoms with Gasteiger partial charge in [-0.25, -0.2) is 13.2 Å². The molecular formula is C23H20ClNO5S. The highest BCUT2D eigenvalue weighted by molar-refractivity contribution is 7.93. The van der Waals surface area contributed by atoms with E-state index in [0.717, 1.165) is 4.31 Å². The molecule has 0 spiro atoms. The number of hydrogen-bond acceptors (Lipinski definition) is 5. The molecule has 3 aromatic rings. The molecular weight excluding hydrogens is 438 g/mol. The maximum atomic E-state index is 13.4. The van der Waals surface area contributed by atoms with Crippen LogP contribution < -0.4 is 13.8 Å². The third-order valence-electron chi connectivity index (χ3n) is 4.35. The largest absolute Gasteiger partial charge is 0.493 e. The number of esters is 1. The smallest absolute Gasteiger partial charge is 0.343 e. The van der Waals surface area contributed by atoms with Crippen molar-refractivity contribution in [3.8, 4) is 11.5 Å². The molecule has 0 amide bonds. The van der Waals surface area contributed by atoms with Crippen LogP contribution in [0.1, 0.15) is 10.4 Å². The van der Waals surface area contributed by atoms with Crippen molar-refractivity contribution in [2.75, 3.05) is 18.0 Å². The van der Waals surface area contributed by atoms with Crippen LogP contribution in [0.3, 0.4) is 0 Å². The summed E-state index contributed by atoms with van der Waals surface area (Å²) in [6, 6.07) is 19.2. The number of carbonyl (C=O) groups is 1. The van der Waals surface area contributed by atoms with Gasteiger partial charge in [-0.1, -0.05) is 48.0 Å². The van der Waals surface area contributed by atoms with Gasteiger partial charge in [0, 0.05) is 0 Å². The number of rotatable bonds is 8. The number of benzene rings is 3. The van der Waals surface area contributed by atoms with E-state index in [4.69, 9.17) is 21.1 Å². The molecule has 3 aromatic carbocycles. The third kappa shape index (κ3) is 4.90. The monoisotopic (exact) mass is 457 g/mol. The van der Waals surface area contributed by atoms with Gasteiger partial charge in [-0.3, -0.25) is 4.31 Å². The van der Waals surface area contributed by atoms with Gasteiger partial charge in [-0.15, -0.1) is 6.58 Å². The summed E-state index contributed by atoms with van der Waals surface area (Å²) in [7, 11) is -2.64. The fraction of sp³-hybridized carbons (Fsp3) is 0.0870. The van der Waals surface area contributed by atoms with E-state index in [-0.39, 0.29) is 27.8 Å². The molecule has 0 aromatic heterocycles. The number of nitrogens with zero attached hydrogens (tertiary/aromatic N) is 1. The predicted octanol–water partition coefficient (Wildman–Crippen LogP) is 4.95. The minimum absolute atomic E-state index is 0.0150. The second-order valence-electron chi connectivity index (χ2n) is 6.35. The number of carbonyl (C=O) groups excluding carboxylic acids is 1. The van der Waals surface area contributed by atoms with Crippen molar-refractivity contribution in [3.05, 3.63) is 96.0 Å². The lowest BCUT2D eigenvalue weighted by molar-refractivity contribution is 0.0729. The van der Waals surface area contributed by atoms with Gasteiger partial charge in [0.15, 0.2) is 11.5 Å². The molecule has 3 rings (SSSR count). The molecule has 0 bridgehead atoms. The van der Waals surface area contributed by atoms with Crippen LogP contribution in [0.15, 0.2) is 90.3 Å². The summed E-state index contributed by atoms with van der Waals surface area (Å²) in [5.41, 5.74) is 0.473. The first-order valence-electron chi connectivity index (χ1n) is 9.22. The van der Waals surface area contributed by atoms with Crippen molar-refractivity contribution in [2.45, 2.75) is 4.90 Å². The first kappa shape index (κ1) is 22.4. The molecule has 160 valence electrons. The molecule has 6 nitrogen and oxygen atoms in total. The van der Waals surface area contributed by atoms with Crippen molar-refractivity contribution >= 4 is 33.3 Å². The quantitative estimate of drug-likeness (QED) is 0.272. The van der Waals surface area contributed by atoms with Crippen molar-refractivity contribution < 1.29 is 22.7 Å². The van der Waals surface area contributed by atoms with Crippen molar-refractivity contribution in [1.29, 1.82) is 0 Å². The number of para-hydroxylation sites is 3. The Balaban J connectivity index is 1.99. The molecule has 8 heteroatoms. The minimum atomic E-state index is -4.09. The summed E-state index contributed by atoms with van der Waals surface area (Å²) in [6.07, 6.45) is 1.47. The van der Waals surface area contributed by atoms with Crippen LogP contribution in [-0.4, -0.2) is 28.0 Å². The molecule has 0 radical (unpaired) electrons. The molecule has 0 unspecified atom stereocenters. The van der Waals surface area contributed by atoms with E-state index < -0.39 is 16.0 Å². The van der Waals surface area contributed by atoms with Crippen molar-refractivity contribution in [1.82, 2.24) is 0 Å². The maximum absolute atomic E-state index is 13.4. The first-order valence-corrected chi connectivity index (χ1v) is 11.0. The molecule has 0 aliphatic heterocycles. The van der Waals surface area contributed by atoms with Crippen LogP contribution in [-0.2, 0) is 10.0 Å². The molecule has 0 saturated heterocycles. The number of methoxy groups -OCH3 is 1. The third-order valence-corrected chi connectivity index (χ3v) is 6.62. The highest BCUT2D eigenvalue weighted by atomic mass is 35.5. The van der Waals surface area contributed by atoms with E-state index >= 15 is 0 Å². The van der Waals surface area contributed by atoms with Crippen LogP contribution in [0.4, 0.5) is 5.69 Å². The van der Waals surface area contributed by atoms with Crippen LogP contribution in [0.25, 0.3) is 0 Å². The van der Waals surface area contributed by atoms with Gasteiger partial charge >= 0.3 is 5.97 Å². The number of sulfonamides is 1. The zero-order valence-corrected chi connectivity index (χ0v) is 18.3. The normalized spacial score (nSPS) is 10.9. The fourth-order valence-electron chi connectivity index (χ4n) is 2.86.